The summed E-state index contributed by atoms with van der Waals surface area (Å²) in [4.78, 5) is 22.9. The molecule has 4 rings (SSSR count). The predicted molar refractivity (Wildman–Crippen MR) is 73.7 cm³/mol. The van der Waals surface area contributed by atoms with Crippen LogP contribution in [0.4, 0.5) is 8.78 Å². The molecule has 140 valence electrons. The first-order valence-corrected chi connectivity index (χ1v) is 9.26. The van der Waals surface area contributed by atoms with E-state index < -0.39 is 45.1 Å². The van der Waals surface area contributed by atoms with E-state index in [1.54, 1.807) is 0 Å². The van der Waals surface area contributed by atoms with Crippen LogP contribution in [0.1, 0.15) is 32.1 Å². The second-order valence-electron chi connectivity index (χ2n) is 7.68. The Hall–Kier alpha value is -1.33. The number of hydrogen-bond donors (Lipinski definition) is 2. The third-order valence-corrected chi connectivity index (χ3v) is 7.37. The van der Waals surface area contributed by atoms with Crippen LogP contribution in [-0.4, -0.2) is 53.1 Å². The molecule has 25 heavy (non-hydrogen) atoms. The van der Waals surface area contributed by atoms with Crippen LogP contribution in [0.15, 0.2) is 0 Å². The van der Waals surface area contributed by atoms with Crippen LogP contribution in [0.25, 0.3) is 0 Å². The Balaban J connectivity index is 1.36. The van der Waals surface area contributed by atoms with E-state index >= 15 is 0 Å². The van der Waals surface area contributed by atoms with Crippen molar-refractivity contribution in [2.75, 3.05) is 6.61 Å². The van der Waals surface area contributed by atoms with Crippen LogP contribution in [0.5, 0.6) is 0 Å². The van der Waals surface area contributed by atoms with Crippen molar-refractivity contribution in [3.63, 3.8) is 0 Å². The molecule has 0 amide bonds. The molecule has 0 aliphatic heterocycles. The number of esters is 2. The first-order chi connectivity index (χ1) is 11.4. The minimum atomic E-state index is -5.99. The summed E-state index contributed by atoms with van der Waals surface area (Å²) in [5.41, 5.74) is -1.68. The van der Waals surface area contributed by atoms with Gasteiger partial charge in [-0.1, -0.05) is 0 Å². The van der Waals surface area contributed by atoms with Gasteiger partial charge < -0.3 is 14.6 Å². The van der Waals surface area contributed by atoms with Crippen molar-refractivity contribution in [2.45, 2.75) is 48.6 Å². The molecule has 4 aliphatic carbocycles. The third-order valence-electron chi connectivity index (χ3n) is 6.56. The minimum Gasteiger partial charge on any atom is -0.457 e. The molecule has 0 aromatic heterocycles. The number of rotatable bonds is 5. The number of halogens is 2. The second kappa shape index (κ2) is 4.49. The number of aliphatic hydroxyl groups is 1. The lowest BCUT2D eigenvalue weighted by molar-refractivity contribution is -0.306. The molecule has 4 fully saturated rings. The van der Waals surface area contributed by atoms with Crippen molar-refractivity contribution in [1.29, 1.82) is 0 Å². The summed E-state index contributed by atoms with van der Waals surface area (Å²) in [5, 5.41) is 5.29. The minimum absolute atomic E-state index is 0.206. The molecule has 0 radical (unpaired) electrons. The fourth-order valence-corrected chi connectivity index (χ4v) is 6.07. The predicted octanol–water partition coefficient (Wildman–Crippen LogP) is 0.247. The van der Waals surface area contributed by atoms with Gasteiger partial charge >= 0.3 is 27.3 Å². The first kappa shape index (κ1) is 17.1. The van der Waals surface area contributed by atoms with E-state index in [9.17, 15) is 31.9 Å². The van der Waals surface area contributed by atoms with Gasteiger partial charge in [-0.3, -0.25) is 4.55 Å². The van der Waals surface area contributed by atoms with E-state index in [1.807, 2.05) is 0 Å². The highest BCUT2D eigenvalue weighted by Crippen LogP contribution is 2.84. The van der Waals surface area contributed by atoms with E-state index in [2.05, 4.69) is 4.74 Å². The zero-order valence-electron chi connectivity index (χ0n) is 12.9. The molecule has 11 heteroatoms. The quantitative estimate of drug-likeness (QED) is 0.512. The average Bonchev–Trinajstić information content (AvgIpc) is 2.92. The molecule has 4 saturated carbocycles. The van der Waals surface area contributed by atoms with Gasteiger partial charge in [0.25, 0.3) is 0 Å². The van der Waals surface area contributed by atoms with Crippen LogP contribution in [0.3, 0.4) is 0 Å². The highest BCUT2D eigenvalue weighted by atomic mass is 32.2. The summed E-state index contributed by atoms with van der Waals surface area (Å²) >= 11 is 0. The number of hydrogen-bond acceptors (Lipinski definition) is 7. The van der Waals surface area contributed by atoms with Crippen molar-refractivity contribution in [1.82, 2.24) is 0 Å². The van der Waals surface area contributed by atoms with E-state index in [4.69, 9.17) is 9.29 Å². The SMILES string of the molecule is O=C(COC(=O)C(F)(F)S(=O)(=O)O)OC12CC3CC4(O)CC(C1)C34C2. The maximum Gasteiger partial charge on any atom is 0.465 e. The van der Waals surface area contributed by atoms with Crippen molar-refractivity contribution in [3.8, 4) is 0 Å². The van der Waals surface area contributed by atoms with E-state index in [1.165, 1.54) is 0 Å². The molecule has 0 aromatic rings. The van der Waals surface area contributed by atoms with Gasteiger partial charge in [0.2, 0.25) is 0 Å². The zero-order chi connectivity index (χ0) is 18.5. The summed E-state index contributed by atoms with van der Waals surface area (Å²) < 4.78 is 64.6. The number of carbonyl (C=O) groups excluding carboxylic acids is 2. The molecule has 1 spiro atoms. The van der Waals surface area contributed by atoms with Crippen LogP contribution in [0, 0.1) is 17.3 Å². The van der Waals surface area contributed by atoms with Gasteiger partial charge in [-0.05, 0) is 43.9 Å². The topological polar surface area (TPSA) is 127 Å². The lowest BCUT2D eigenvalue weighted by Gasteiger charge is -2.71. The van der Waals surface area contributed by atoms with Gasteiger partial charge in [0.15, 0.2) is 6.61 Å². The van der Waals surface area contributed by atoms with Gasteiger partial charge in [-0.25, -0.2) is 9.59 Å². The molecular weight excluding hydrogens is 366 g/mol. The van der Waals surface area contributed by atoms with E-state index in [0.29, 0.717) is 32.1 Å². The molecule has 0 aromatic carbocycles. The third kappa shape index (κ3) is 1.94. The molecular formula is C14H16F2O8S. The molecule has 2 unspecified atom stereocenters. The Bertz CT molecular complexity index is 760. The molecule has 0 saturated heterocycles. The summed E-state index contributed by atoms with van der Waals surface area (Å²) in [5.74, 6) is -3.08. The molecule has 8 nitrogen and oxygen atoms in total. The summed E-state index contributed by atoms with van der Waals surface area (Å²) in [6, 6.07) is 0. The second-order valence-corrected chi connectivity index (χ2v) is 9.15. The van der Waals surface area contributed by atoms with Crippen LogP contribution in [0.2, 0.25) is 0 Å². The number of fused-ring (bicyclic) bond motifs is 1. The van der Waals surface area contributed by atoms with E-state index in [-0.39, 0.29) is 17.3 Å². The van der Waals surface area contributed by atoms with Gasteiger partial charge in [0.1, 0.15) is 5.60 Å². The van der Waals surface area contributed by atoms with Gasteiger partial charge in [0.05, 0.1) is 5.60 Å². The lowest BCUT2D eigenvalue weighted by atomic mass is 9.36. The Morgan fingerprint density at radius 2 is 1.72 bits per heavy atom. The molecule has 0 heterocycles. The van der Waals surface area contributed by atoms with Crippen molar-refractivity contribution in [2.24, 2.45) is 17.3 Å². The first-order valence-electron chi connectivity index (χ1n) is 7.82. The van der Waals surface area contributed by atoms with Gasteiger partial charge in [-0.2, -0.15) is 17.2 Å². The van der Waals surface area contributed by atoms with Gasteiger partial charge in [0, 0.05) is 5.41 Å². The maximum absolute atomic E-state index is 13.0. The number of ether oxygens (including phenoxy) is 2. The van der Waals surface area contributed by atoms with Crippen molar-refractivity contribution < 1.29 is 45.9 Å². The molecule has 2 atom stereocenters. The smallest absolute Gasteiger partial charge is 0.457 e. The highest BCUT2D eigenvalue weighted by molar-refractivity contribution is 7.87. The van der Waals surface area contributed by atoms with E-state index in [0.717, 1.165) is 0 Å². The standard InChI is InChI=1S/C14H16F2O8S/c15-14(16,25(20,21)22)10(18)23-5-9(17)24-11-1-7-3-12(19)4-8(2-11)13(7,12)6-11/h7-8,19H,1-6H2,(H,20,21,22). The zero-order valence-corrected chi connectivity index (χ0v) is 13.7. The van der Waals surface area contributed by atoms with Crippen molar-refractivity contribution >= 4 is 22.1 Å². The number of alkyl halides is 2. The van der Waals surface area contributed by atoms with Crippen LogP contribution in [-0.2, 0) is 29.2 Å². The summed E-state index contributed by atoms with van der Waals surface area (Å²) in [7, 11) is -5.99. The average molecular weight is 382 g/mol. The lowest BCUT2D eigenvalue weighted by Crippen LogP contribution is -2.73. The Morgan fingerprint density at radius 3 is 2.16 bits per heavy atom. The summed E-state index contributed by atoms with van der Waals surface area (Å²) in [6.07, 6.45) is 2.99. The maximum atomic E-state index is 13.0. The van der Waals surface area contributed by atoms with Crippen LogP contribution < -0.4 is 0 Å². The fourth-order valence-electron chi connectivity index (χ4n) is 5.80. The normalized spacial score (nSPS) is 43.7. The fraction of sp³-hybridized carbons (Fsp3) is 0.857. The highest BCUT2D eigenvalue weighted by Gasteiger charge is 2.85. The Morgan fingerprint density at radius 1 is 1.16 bits per heavy atom. The molecule has 2 N–H and O–H groups in total. The number of carbonyl (C=O) groups is 2. The molecule has 2 bridgehead atoms. The van der Waals surface area contributed by atoms with Gasteiger partial charge in [-0.15, -0.1) is 0 Å². The Labute approximate surface area is 141 Å². The van der Waals surface area contributed by atoms with Crippen molar-refractivity contribution in [3.05, 3.63) is 0 Å². The monoisotopic (exact) mass is 382 g/mol. The summed E-state index contributed by atoms with van der Waals surface area (Å²) in [6.45, 7) is -1.18. The largest absolute Gasteiger partial charge is 0.465 e. The molecule has 4 aliphatic rings. The Kier molecular flexibility index (Phi) is 3.07. The van der Waals surface area contributed by atoms with Crippen LogP contribution >= 0.6 is 0 Å².